The molecule has 1 heterocycles. The Hall–Kier alpha value is -0.820. The van der Waals surface area contributed by atoms with Crippen LogP contribution in [0.25, 0.3) is 0 Å². The minimum atomic E-state index is 0.758. The molecule has 2 aliphatic rings. The summed E-state index contributed by atoms with van der Waals surface area (Å²) >= 11 is 0. The number of nitrogens with one attached hydrogen (secondary N) is 1. The van der Waals surface area contributed by atoms with Crippen LogP contribution in [0.15, 0.2) is 24.3 Å². The molecule has 1 nitrogen and oxygen atoms in total. The molecule has 0 spiro atoms. The van der Waals surface area contributed by atoms with Crippen molar-refractivity contribution < 1.29 is 0 Å². The Balaban J connectivity index is 2.06. The van der Waals surface area contributed by atoms with E-state index in [9.17, 15) is 0 Å². The summed E-state index contributed by atoms with van der Waals surface area (Å²) in [6.07, 6.45) is 3.93. The van der Waals surface area contributed by atoms with Crippen LogP contribution < -0.4 is 5.32 Å². The van der Waals surface area contributed by atoms with E-state index in [2.05, 4.69) is 29.6 Å². The molecule has 0 amide bonds. The average molecular weight is 173 g/mol. The predicted molar refractivity (Wildman–Crippen MR) is 53.9 cm³/mol. The van der Waals surface area contributed by atoms with E-state index in [1.807, 2.05) is 0 Å². The third-order valence-electron chi connectivity index (χ3n) is 3.46. The van der Waals surface area contributed by atoms with Gasteiger partial charge in [-0.3, -0.25) is 0 Å². The number of hydrogen-bond acceptors (Lipinski definition) is 1. The summed E-state index contributed by atoms with van der Waals surface area (Å²) < 4.78 is 0. The Morgan fingerprint density at radius 2 is 2.15 bits per heavy atom. The molecule has 2 bridgehead atoms. The van der Waals surface area contributed by atoms with Crippen LogP contribution in [-0.2, 0) is 6.42 Å². The maximum atomic E-state index is 3.59. The van der Waals surface area contributed by atoms with Crippen molar-refractivity contribution in [1.29, 1.82) is 0 Å². The van der Waals surface area contributed by atoms with Crippen LogP contribution >= 0.6 is 0 Å². The van der Waals surface area contributed by atoms with Gasteiger partial charge in [0, 0.05) is 6.04 Å². The Labute approximate surface area is 79.2 Å². The Bertz CT molecular complexity index is 319. The molecule has 1 saturated heterocycles. The van der Waals surface area contributed by atoms with Crippen LogP contribution in [0, 0.1) is 0 Å². The highest BCUT2D eigenvalue weighted by Gasteiger charge is 2.29. The van der Waals surface area contributed by atoms with E-state index in [1.54, 1.807) is 11.1 Å². The molecule has 3 rings (SSSR count). The lowest BCUT2D eigenvalue weighted by Crippen LogP contribution is -2.41. The summed E-state index contributed by atoms with van der Waals surface area (Å²) in [5.74, 6) is 0.844. The predicted octanol–water partition coefficient (Wildman–Crippen LogP) is 2.08. The first-order chi connectivity index (χ1) is 6.43. The molecule has 1 aliphatic carbocycles. The third kappa shape index (κ3) is 1.19. The first-order valence-corrected chi connectivity index (χ1v) is 5.24. The van der Waals surface area contributed by atoms with Crippen molar-refractivity contribution in [1.82, 2.24) is 5.32 Å². The highest BCUT2D eigenvalue weighted by molar-refractivity contribution is 5.34. The largest absolute Gasteiger partial charge is 0.314 e. The Kier molecular flexibility index (Phi) is 1.66. The maximum Gasteiger partial charge on any atom is 0.0113 e. The van der Waals surface area contributed by atoms with E-state index in [1.165, 1.54) is 25.8 Å². The Morgan fingerprint density at radius 1 is 1.23 bits per heavy atom. The SMILES string of the molecule is c1ccc2c(c1)CC1C[C@@H]2CCN1. The van der Waals surface area contributed by atoms with E-state index >= 15 is 0 Å². The van der Waals surface area contributed by atoms with Gasteiger partial charge >= 0.3 is 0 Å². The average Bonchev–Trinajstić information content (AvgIpc) is 2.18. The summed E-state index contributed by atoms with van der Waals surface area (Å²) in [5, 5.41) is 3.59. The van der Waals surface area contributed by atoms with Crippen molar-refractivity contribution in [3.63, 3.8) is 0 Å². The third-order valence-corrected chi connectivity index (χ3v) is 3.46. The molecule has 1 heteroatoms. The molecule has 1 aromatic rings. The smallest absolute Gasteiger partial charge is 0.0113 e. The van der Waals surface area contributed by atoms with Crippen molar-refractivity contribution in [2.24, 2.45) is 0 Å². The minimum Gasteiger partial charge on any atom is -0.314 e. The molecule has 1 N–H and O–H groups in total. The second-order valence-corrected chi connectivity index (χ2v) is 4.28. The van der Waals surface area contributed by atoms with Crippen molar-refractivity contribution in [3.8, 4) is 0 Å². The lowest BCUT2D eigenvalue weighted by Gasteiger charge is -2.36. The van der Waals surface area contributed by atoms with Crippen molar-refractivity contribution in [2.45, 2.75) is 31.2 Å². The lowest BCUT2D eigenvalue weighted by atomic mass is 9.76. The van der Waals surface area contributed by atoms with Crippen LogP contribution in [0.5, 0.6) is 0 Å². The van der Waals surface area contributed by atoms with Crippen LogP contribution in [0.4, 0.5) is 0 Å². The second kappa shape index (κ2) is 2.85. The summed E-state index contributed by atoms with van der Waals surface area (Å²) in [5.41, 5.74) is 3.20. The van der Waals surface area contributed by atoms with Gasteiger partial charge in [0.1, 0.15) is 0 Å². The van der Waals surface area contributed by atoms with Gasteiger partial charge in [0.25, 0.3) is 0 Å². The van der Waals surface area contributed by atoms with Gasteiger partial charge in [0.05, 0.1) is 0 Å². The molecular formula is C12H15N. The van der Waals surface area contributed by atoms with Gasteiger partial charge in [-0.15, -0.1) is 0 Å². The molecule has 1 aliphatic heterocycles. The van der Waals surface area contributed by atoms with E-state index in [0.29, 0.717) is 0 Å². The quantitative estimate of drug-likeness (QED) is 0.633. The van der Waals surface area contributed by atoms with E-state index in [-0.39, 0.29) is 0 Å². The van der Waals surface area contributed by atoms with Gasteiger partial charge in [-0.1, -0.05) is 24.3 Å². The van der Waals surface area contributed by atoms with Gasteiger partial charge in [-0.25, -0.2) is 0 Å². The van der Waals surface area contributed by atoms with E-state index in [0.717, 1.165) is 12.0 Å². The molecule has 0 radical (unpaired) electrons. The zero-order valence-electron chi connectivity index (χ0n) is 7.79. The molecule has 1 fully saturated rings. The fourth-order valence-electron chi connectivity index (χ4n) is 2.83. The lowest BCUT2D eigenvalue weighted by molar-refractivity contribution is 0.339. The summed E-state index contributed by atoms with van der Waals surface area (Å²) in [4.78, 5) is 0. The molecule has 13 heavy (non-hydrogen) atoms. The van der Waals surface area contributed by atoms with Gasteiger partial charge < -0.3 is 5.32 Å². The van der Waals surface area contributed by atoms with Crippen molar-refractivity contribution >= 4 is 0 Å². The van der Waals surface area contributed by atoms with Crippen LogP contribution in [-0.4, -0.2) is 12.6 Å². The molecule has 68 valence electrons. The maximum absolute atomic E-state index is 3.59. The standard InChI is InChI=1S/C12H15N/c1-2-4-12-9(3-1)7-11-8-10(12)5-6-13-11/h1-4,10-11,13H,5-8H2/t10-,11?/m0/s1. The van der Waals surface area contributed by atoms with Gasteiger partial charge in [0.15, 0.2) is 0 Å². The van der Waals surface area contributed by atoms with Crippen LogP contribution in [0.2, 0.25) is 0 Å². The zero-order chi connectivity index (χ0) is 8.67. The van der Waals surface area contributed by atoms with Gasteiger partial charge in [-0.2, -0.15) is 0 Å². The number of hydrogen-bond donors (Lipinski definition) is 1. The molecule has 1 aromatic carbocycles. The number of fused-ring (bicyclic) bond motifs is 4. The van der Waals surface area contributed by atoms with E-state index < -0.39 is 0 Å². The van der Waals surface area contributed by atoms with E-state index in [4.69, 9.17) is 0 Å². The second-order valence-electron chi connectivity index (χ2n) is 4.28. The first-order valence-electron chi connectivity index (χ1n) is 5.24. The molecule has 0 saturated carbocycles. The topological polar surface area (TPSA) is 12.0 Å². The minimum absolute atomic E-state index is 0.758. The first kappa shape index (κ1) is 7.57. The molecule has 2 atom stereocenters. The summed E-state index contributed by atoms with van der Waals surface area (Å²) in [6, 6.07) is 9.72. The van der Waals surface area contributed by atoms with Gasteiger partial charge in [0.2, 0.25) is 0 Å². The number of benzene rings is 1. The highest BCUT2D eigenvalue weighted by Crippen LogP contribution is 2.35. The molecular weight excluding hydrogens is 158 g/mol. The van der Waals surface area contributed by atoms with Crippen molar-refractivity contribution in [2.75, 3.05) is 6.54 Å². The fourth-order valence-corrected chi connectivity index (χ4v) is 2.83. The molecule has 1 unspecified atom stereocenters. The highest BCUT2D eigenvalue weighted by atomic mass is 14.9. The summed E-state index contributed by atoms with van der Waals surface area (Å²) in [7, 11) is 0. The monoisotopic (exact) mass is 173 g/mol. The van der Waals surface area contributed by atoms with Crippen LogP contribution in [0.3, 0.4) is 0 Å². The molecule has 0 aromatic heterocycles. The Morgan fingerprint density at radius 3 is 3.15 bits per heavy atom. The number of rotatable bonds is 0. The van der Waals surface area contributed by atoms with Crippen molar-refractivity contribution in [3.05, 3.63) is 35.4 Å². The fraction of sp³-hybridized carbons (Fsp3) is 0.500. The summed E-state index contributed by atoms with van der Waals surface area (Å²) in [6.45, 7) is 1.21. The zero-order valence-corrected chi connectivity index (χ0v) is 7.79. The van der Waals surface area contributed by atoms with Crippen LogP contribution in [0.1, 0.15) is 29.9 Å². The number of piperidine rings is 1. The normalized spacial score (nSPS) is 31.1. The van der Waals surface area contributed by atoms with Gasteiger partial charge in [-0.05, 0) is 42.9 Å².